The molecule has 5 rings (SSSR count). The number of ether oxygens (including phenoxy) is 5. The fourth-order valence-electron chi connectivity index (χ4n) is 11.0. The number of aliphatic carboxylic acids is 1. The van der Waals surface area contributed by atoms with Crippen molar-refractivity contribution in [3.05, 3.63) is 24.8 Å². The first-order valence-corrected chi connectivity index (χ1v) is 22.6. The molecule has 5 aliphatic heterocycles. The van der Waals surface area contributed by atoms with Gasteiger partial charge >= 0.3 is 12.0 Å². The quantitative estimate of drug-likeness (QED) is 0.111. The van der Waals surface area contributed by atoms with E-state index in [0.29, 0.717) is 57.8 Å². The minimum atomic E-state index is -1.34. The summed E-state index contributed by atoms with van der Waals surface area (Å²) in [4.78, 5) is 39.7. The number of rotatable bonds is 15. The molecule has 13 nitrogen and oxygen atoms in total. The molecule has 5 heterocycles. The molecule has 0 aliphatic carbocycles. The van der Waals surface area contributed by atoms with Crippen LogP contribution in [0, 0.1) is 41.4 Å². The number of carbonyl (C=O) groups excluding carboxylic acids is 2. The lowest BCUT2D eigenvalue weighted by Gasteiger charge is -2.55. The van der Waals surface area contributed by atoms with Gasteiger partial charge in [-0.25, -0.2) is 4.79 Å². The number of hydrogen-bond acceptors (Lipinski definition) is 10. The minimum absolute atomic E-state index is 0.0200. The molecule has 0 bridgehead atoms. The molecule has 0 aromatic carbocycles. The number of urea groups is 1. The second-order valence-corrected chi connectivity index (χ2v) is 19.1. The summed E-state index contributed by atoms with van der Waals surface area (Å²) in [5.41, 5.74) is -1.71. The number of hydrogen-bond donors (Lipinski definition) is 5. The van der Waals surface area contributed by atoms with E-state index < -0.39 is 95.0 Å². The first-order valence-electron chi connectivity index (χ1n) is 22.6. The molecule has 5 aliphatic rings. The van der Waals surface area contributed by atoms with Crippen LogP contribution in [-0.4, -0.2) is 105 Å². The number of carboxylic acid groups (broad SMARTS) is 1. The zero-order valence-corrected chi connectivity index (χ0v) is 37.4. The molecule has 2 spiro atoms. The number of aliphatic hydroxyl groups is 2. The van der Waals surface area contributed by atoms with E-state index in [1.165, 1.54) is 0 Å². The van der Waals surface area contributed by atoms with E-state index in [-0.39, 0.29) is 36.2 Å². The molecular formula is C46H76N2O11. The lowest BCUT2D eigenvalue weighted by atomic mass is 9.72. The van der Waals surface area contributed by atoms with Crippen molar-refractivity contribution >= 4 is 17.8 Å². The predicted octanol–water partition coefficient (Wildman–Crippen LogP) is 6.68. The van der Waals surface area contributed by atoms with Gasteiger partial charge in [-0.15, -0.1) is 6.58 Å². The monoisotopic (exact) mass is 833 g/mol. The van der Waals surface area contributed by atoms with E-state index in [4.69, 9.17) is 23.7 Å². The third-order valence-corrected chi connectivity index (χ3v) is 15.2. The highest BCUT2D eigenvalue weighted by Gasteiger charge is 2.63. The molecular weight excluding hydrogens is 757 g/mol. The van der Waals surface area contributed by atoms with Crippen LogP contribution in [0.1, 0.15) is 133 Å². The minimum Gasteiger partial charge on any atom is -0.481 e. The molecule has 4 fully saturated rings. The summed E-state index contributed by atoms with van der Waals surface area (Å²) in [5.74, 6) is -6.01. The van der Waals surface area contributed by atoms with Crippen LogP contribution in [0.4, 0.5) is 4.79 Å². The number of ketones is 1. The molecule has 0 saturated carbocycles. The SMILES string of the molecule is C=CCNC(=O)N[C@@H]1C=C[C@]2(O[C@H]([C@@H](CC)C(=O)[C@@H](C)[C@@H](O)[C@H](C)[C@@H]3O[C@@H]([C@@H](CC)C(=O)O)CC[C@@H]3C)[C@@H](C)C[C@H]2C)O[C@@]12CC[C@@](C)([C@H]1CC[C@](O)(CC)[C@H](C)O1)O2. The van der Waals surface area contributed by atoms with Crippen LogP contribution in [0.2, 0.25) is 0 Å². The maximum Gasteiger partial charge on any atom is 0.315 e. The van der Waals surface area contributed by atoms with Crippen LogP contribution in [0.15, 0.2) is 24.8 Å². The van der Waals surface area contributed by atoms with E-state index in [0.717, 1.165) is 6.42 Å². The first kappa shape index (κ1) is 47.7. The van der Waals surface area contributed by atoms with Gasteiger partial charge in [-0.3, -0.25) is 9.59 Å². The average molecular weight is 833 g/mol. The Morgan fingerprint density at radius 2 is 1.63 bits per heavy atom. The summed E-state index contributed by atoms with van der Waals surface area (Å²) in [6.45, 7) is 23.6. The Balaban J connectivity index is 1.38. The first-order chi connectivity index (χ1) is 27.7. The predicted molar refractivity (Wildman–Crippen MR) is 223 cm³/mol. The third-order valence-electron chi connectivity index (χ3n) is 15.2. The highest BCUT2D eigenvalue weighted by molar-refractivity contribution is 5.84. The number of carboxylic acids is 1. The molecule has 336 valence electrons. The van der Waals surface area contributed by atoms with Crippen molar-refractivity contribution in [2.45, 2.75) is 199 Å². The van der Waals surface area contributed by atoms with Gasteiger partial charge in [0.15, 0.2) is 11.6 Å². The van der Waals surface area contributed by atoms with Gasteiger partial charge in [0, 0.05) is 36.6 Å². The maximum atomic E-state index is 14.6. The van der Waals surface area contributed by atoms with E-state index in [1.54, 1.807) is 13.0 Å². The van der Waals surface area contributed by atoms with Gasteiger partial charge in [0.05, 0.1) is 53.7 Å². The molecule has 59 heavy (non-hydrogen) atoms. The Hall–Kier alpha value is -2.39. The van der Waals surface area contributed by atoms with E-state index >= 15 is 0 Å². The van der Waals surface area contributed by atoms with Crippen molar-refractivity contribution in [2.24, 2.45) is 41.4 Å². The normalized spacial score (nSPS) is 42.4. The fraction of sp³-hybridized carbons (Fsp3) is 0.848. The third kappa shape index (κ3) is 9.51. The van der Waals surface area contributed by atoms with E-state index in [2.05, 4.69) is 38.0 Å². The summed E-state index contributed by atoms with van der Waals surface area (Å²) >= 11 is 0. The maximum absolute atomic E-state index is 14.6. The average Bonchev–Trinajstić information content (AvgIpc) is 3.54. The topological polar surface area (TPSA) is 182 Å². The number of nitrogens with one attached hydrogen (secondary N) is 2. The van der Waals surface area contributed by atoms with E-state index in [9.17, 15) is 29.7 Å². The van der Waals surface area contributed by atoms with Gasteiger partial charge in [-0.05, 0) is 89.5 Å². The van der Waals surface area contributed by atoms with Gasteiger partial charge in [-0.2, -0.15) is 0 Å². The number of carbonyl (C=O) groups is 3. The van der Waals surface area contributed by atoms with Crippen LogP contribution in [-0.2, 0) is 33.3 Å². The zero-order valence-electron chi connectivity index (χ0n) is 37.4. The van der Waals surface area contributed by atoms with Crippen LogP contribution in [0.5, 0.6) is 0 Å². The Morgan fingerprint density at radius 1 is 0.932 bits per heavy atom. The van der Waals surface area contributed by atoms with Gasteiger partial charge < -0.3 is 49.6 Å². The zero-order chi connectivity index (χ0) is 43.7. The second-order valence-electron chi connectivity index (χ2n) is 19.1. The smallest absolute Gasteiger partial charge is 0.315 e. The lowest BCUT2D eigenvalue weighted by Crippen LogP contribution is -2.66. The van der Waals surface area contributed by atoms with Crippen molar-refractivity contribution in [1.82, 2.24) is 10.6 Å². The van der Waals surface area contributed by atoms with Gasteiger partial charge in [0.25, 0.3) is 0 Å². The largest absolute Gasteiger partial charge is 0.481 e. The van der Waals surface area contributed by atoms with Crippen molar-refractivity contribution in [2.75, 3.05) is 6.54 Å². The fourth-order valence-corrected chi connectivity index (χ4v) is 11.0. The van der Waals surface area contributed by atoms with Crippen LogP contribution < -0.4 is 10.6 Å². The van der Waals surface area contributed by atoms with Crippen LogP contribution in [0.3, 0.4) is 0 Å². The van der Waals surface area contributed by atoms with E-state index in [1.807, 2.05) is 53.7 Å². The number of aliphatic hydroxyl groups excluding tert-OH is 1. The van der Waals surface area contributed by atoms with Crippen LogP contribution >= 0.6 is 0 Å². The molecule has 5 N–H and O–H groups in total. The lowest BCUT2D eigenvalue weighted by molar-refractivity contribution is -0.397. The van der Waals surface area contributed by atoms with Gasteiger partial charge in [0.1, 0.15) is 11.8 Å². The number of amides is 2. The van der Waals surface area contributed by atoms with Gasteiger partial charge in [-0.1, -0.05) is 67.5 Å². The molecule has 18 atom stereocenters. The highest BCUT2D eigenvalue weighted by atomic mass is 16.8. The molecule has 0 radical (unpaired) electrons. The van der Waals surface area contributed by atoms with Crippen molar-refractivity contribution in [3.63, 3.8) is 0 Å². The Kier molecular flexibility index (Phi) is 15.3. The second kappa shape index (κ2) is 18.9. The highest BCUT2D eigenvalue weighted by Crippen LogP contribution is 2.54. The molecule has 0 aromatic rings. The summed E-state index contributed by atoms with van der Waals surface area (Å²) < 4.78 is 34.3. The van der Waals surface area contributed by atoms with Crippen molar-refractivity contribution in [1.29, 1.82) is 0 Å². The summed E-state index contributed by atoms with van der Waals surface area (Å²) in [6.07, 6.45) is 8.08. The van der Waals surface area contributed by atoms with Crippen molar-refractivity contribution < 1.29 is 53.4 Å². The summed E-state index contributed by atoms with van der Waals surface area (Å²) in [7, 11) is 0. The molecule has 13 heteroatoms. The Morgan fingerprint density at radius 3 is 2.24 bits per heavy atom. The van der Waals surface area contributed by atoms with Gasteiger partial charge in [0.2, 0.25) is 0 Å². The standard InChI is InChI=1S/C46H76N2O11/c1-12-24-47-42(53)48-35-18-21-45(59-46(35)23-22-43(11,58-46)36-19-20-44(54,15-4)31(10)55-36)28(7)25-27(6)40(57-45)33(14-3)38(50)29(8)37(49)30(9)39-26(5)16-17-34(56-39)32(13-2)41(51)52/h12,18,21,26-37,39-40,49,54H,1,13-17,19-20,22-25H2,2-11H3,(H,51,52)(H2,47,48,53)/t26-,27-,28+,29-,30-,31-,32+,33-,34+,35+,36+,37+,39+,40-,43-,44+,45-,46-/m0/s1. The molecule has 4 saturated heterocycles. The summed E-state index contributed by atoms with van der Waals surface area (Å²) in [6, 6.07) is -1.08. The molecule has 0 unspecified atom stereocenters. The Labute approximate surface area is 352 Å². The van der Waals surface area contributed by atoms with Crippen molar-refractivity contribution in [3.8, 4) is 0 Å². The molecule has 0 aromatic heterocycles. The molecule has 2 amide bonds. The van der Waals surface area contributed by atoms with Crippen LogP contribution in [0.25, 0.3) is 0 Å². The Bertz CT molecular complexity index is 1530. The summed E-state index contributed by atoms with van der Waals surface area (Å²) in [5, 5.41) is 38.7. The number of Topliss-reactive ketones (excluding diaryl/α,β-unsaturated/α-hetero) is 1.